The number of imide groups is 1. The Morgan fingerprint density at radius 1 is 1.03 bits per heavy atom. The minimum absolute atomic E-state index is 0.193. The van der Waals surface area contributed by atoms with Crippen LogP contribution in [0, 0.1) is 5.92 Å². The first kappa shape index (κ1) is 23.4. The Morgan fingerprint density at radius 3 is 2.37 bits per heavy atom. The van der Waals surface area contributed by atoms with Crippen LogP contribution in [0.1, 0.15) is 18.7 Å². The van der Waals surface area contributed by atoms with Gasteiger partial charge in [-0.15, -0.1) is 0 Å². The van der Waals surface area contributed by atoms with Crippen molar-refractivity contribution in [2.45, 2.75) is 36.1 Å². The molecule has 0 aliphatic carbocycles. The van der Waals surface area contributed by atoms with Crippen LogP contribution < -0.4 is 19.8 Å². The molecule has 2 aliphatic rings. The molecule has 2 atom stereocenters. The fourth-order valence-electron chi connectivity index (χ4n) is 4.62. The second kappa shape index (κ2) is 8.69. The number of nitrogens with one attached hydrogen (secondary N) is 1. The Hall–Kier alpha value is -3.37. The summed E-state index contributed by atoms with van der Waals surface area (Å²) in [5.74, 6) is -0.869. The number of ether oxygens (including phenoxy) is 1. The maximum atomic E-state index is 13.4. The standard InChI is InChI=1S/C25H23N3O5S2/c1-25(2)18-19(22(31)28(21(18)30)15-7-5-4-6-8-15)34-23-20(25)35-24(32)27(23)13-17(29)26-14-9-11-16(33-3)12-10-14/h4-12,18-19H,13H2,1-3H3,(H,26,29)/t18-,19+/m1/s1. The smallest absolute Gasteiger partial charge is 0.308 e. The van der Waals surface area contributed by atoms with E-state index < -0.39 is 16.6 Å². The molecule has 1 N–H and O–H groups in total. The number of amides is 3. The van der Waals surface area contributed by atoms with E-state index in [2.05, 4.69) is 5.32 Å². The van der Waals surface area contributed by atoms with Gasteiger partial charge < -0.3 is 10.1 Å². The summed E-state index contributed by atoms with van der Waals surface area (Å²) in [6.45, 7) is 3.59. The summed E-state index contributed by atoms with van der Waals surface area (Å²) >= 11 is 2.24. The number of anilines is 2. The Kier molecular flexibility index (Phi) is 5.80. The summed E-state index contributed by atoms with van der Waals surface area (Å²) < 4.78 is 6.54. The Morgan fingerprint density at radius 2 is 1.71 bits per heavy atom. The zero-order valence-electron chi connectivity index (χ0n) is 19.3. The molecule has 0 radical (unpaired) electrons. The van der Waals surface area contributed by atoms with Crippen molar-refractivity contribution in [3.63, 3.8) is 0 Å². The van der Waals surface area contributed by atoms with Crippen LogP contribution in [0.15, 0.2) is 64.4 Å². The molecule has 8 nitrogen and oxygen atoms in total. The molecule has 1 fully saturated rings. The van der Waals surface area contributed by atoms with Crippen molar-refractivity contribution in [3.8, 4) is 5.75 Å². The number of methoxy groups -OCH3 is 1. The molecule has 0 spiro atoms. The molecule has 0 bridgehead atoms. The van der Waals surface area contributed by atoms with Crippen LogP contribution in [-0.2, 0) is 26.3 Å². The summed E-state index contributed by atoms with van der Waals surface area (Å²) in [7, 11) is 1.56. The van der Waals surface area contributed by atoms with Crippen LogP contribution in [0.4, 0.5) is 11.4 Å². The van der Waals surface area contributed by atoms with Crippen LogP contribution in [0.2, 0.25) is 0 Å². The molecule has 180 valence electrons. The molecule has 1 saturated heterocycles. The molecule has 0 saturated carbocycles. The topological polar surface area (TPSA) is 97.7 Å². The highest BCUT2D eigenvalue weighted by molar-refractivity contribution is 8.00. The molecule has 3 aromatic rings. The SMILES string of the molecule is COc1ccc(NC(=O)Cn2c3c(sc2=O)C(C)(C)[C@H]2C(=O)N(c4ccccc4)C(=O)[C@H]2S3)cc1. The van der Waals surface area contributed by atoms with Gasteiger partial charge >= 0.3 is 4.87 Å². The first-order valence-corrected chi connectivity index (χ1v) is 12.7. The van der Waals surface area contributed by atoms with Gasteiger partial charge in [0, 0.05) is 16.0 Å². The highest BCUT2D eigenvalue weighted by Gasteiger charge is 2.59. The second-order valence-corrected chi connectivity index (χ2v) is 11.0. The Labute approximate surface area is 209 Å². The third kappa shape index (κ3) is 3.86. The van der Waals surface area contributed by atoms with Gasteiger partial charge in [-0.2, -0.15) is 0 Å². The van der Waals surface area contributed by atoms with E-state index in [4.69, 9.17) is 4.74 Å². The number of thioether (sulfide) groups is 1. The number of hydrogen-bond acceptors (Lipinski definition) is 7. The lowest BCUT2D eigenvalue weighted by Gasteiger charge is -2.36. The lowest BCUT2D eigenvalue weighted by Crippen LogP contribution is -2.41. The van der Waals surface area contributed by atoms with Crippen LogP contribution >= 0.6 is 23.1 Å². The van der Waals surface area contributed by atoms with E-state index in [1.54, 1.807) is 55.6 Å². The summed E-state index contributed by atoms with van der Waals surface area (Å²) in [5.41, 5.74) is 0.368. The number of aromatic nitrogens is 1. The highest BCUT2D eigenvalue weighted by atomic mass is 32.2. The van der Waals surface area contributed by atoms with Gasteiger partial charge in [0.05, 0.1) is 23.7 Å². The quantitative estimate of drug-likeness (QED) is 0.529. The van der Waals surface area contributed by atoms with E-state index >= 15 is 0 Å². The lowest BCUT2D eigenvalue weighted by molar-refractivity contribution is -0.123. The lowest BCUT2D eigenvalue weighted by atomic mass is 9.76. The third-order valence-corrected chi connectivity index (χ3v) is 9.22. The fraction of sp³-hybridized carbons (Fsp3) is 0.280. The van der Waals surface area contributed by atoms with Gasteiger partial charge in [-0.3, -0.25) is 23.7 Å². The van der Waals surface area contributed by atoms with Gasteiger partial charge in [0.1, 0.15) is 17.5 Å². The van der Waals surface area contributed by atoms with Crippen molar-refractivity contribution < 1.29 is 19.1 Å². The Balaban J connectivity index is 1.44. The minimum Gasteiger partial charge on any atom is -0.497 e. The number of fused-ring (bicyclic) bond motifs is 2. The summed E-state index contributed by atoms with van der Waals surface area (Å²) in [6, 6.07) is 15.8. The van der Waals surface area contributed by atoms with Gasteiger partial charge in [-0.25, -0.2) is 4.90 Å². The number of nitrogens with zero attached hydrogens (tertiary/aromatic N) is 2. The molecule has 2 aliphatic heterocycles. The number of thiazole rings is 1. The maximum Gasteiger partial charge on any atom is 0.308 e. The average molecular weight is 510 g/mol. The minimum atomic E-state index is -0.747. The van der Waals surface area contributed by atoms with E-state index in [1.807, 2.05) is 19.9 Å². The zero-order valence-corrected chi connectivity index (χ0v) is 20.9. The Bertz CT molecular complexity index is 1380. The first-order valence-electron chi connectivity index (χ1n) is 11.0. The molecule has 10 heteroatoms. The van der Waals surface area contributed by atoms with E-state index in [0.29, 0.717) is 22.2 Å². The first-order chi connectivity index (χ1) is 16.7. The van der Waals surface area contributed by atoms with Crippen molar-refractivity contribution in [2.75, 3.05) is 17.3 Å². The molecule has 3 amide bonds. The van der Waals surface area contributed by atoms with Crippen LogP contribution in [0.25, 0.3) is 0 Å². The molecule has 2 aromatic carbocycles. The zero-order chi connectivity index (χ0) is 24.9. The van der Waals surface area contributed by atoms with E-state index in [9.17, 15) is 19.2 Å². The predicted octanol–water partition coefficient (Wildman–Crippen LogP) is 3.50. The summed E-state index contributed by atoms with van der Waals surface area (Å²) in [6.07, 6.45) is 0. The van der Waals surface area contributed by atoms with E-state index in [0.717, 1.165) is 16.2 Å². The molecular weight excluding hydrogens is 486 g/mol. The van der Waals surface area contributed by atoms with Gasteiger partial charge in [-0.1, -0.05) is 55.1 Å². The number of para-hydroxylation sites is 1. The largest absolute Gasteiger partial charge is 0.497 e. The summed E-state index contributed by atoms with van der Waals surface area (Å²) in [4.78, 5) is 54.2. The van der Waals surface area contributed by atoms with Crippen molar-refractivity contribution in [1.82, 2.24) is 4.57 Å². The number of carbonyl (C=O) groups excluding carboxylic acids is 3. The van der Waals surface area contributed by atoms with Gasteiger partial charge in [0.25, 0.3) is 0 Å². The third-order valence-electron chi connectivity index (χ3n) is 6.39. The van der Waals surface area contributed by atoms with Crippen LogP contribution in [0.5, 0.6) is 5.75 Å². The average Bonchev–Trinajstić information content (AvgIpc) is 3.29. The number of carbonyl (C=O) groups is 3. The van der Waals surface area contributed by atoms with Crippen molar-refractivity contribution >= 4 is 52.2 Å². The number of hydrogen-bond donors (Lipinski definition) is 1. The highest BCUT2D eigenvalue weighted by Crippen LogP contribution is 2.54. The molecule has 3 heterocycles. The van der Waals surface area contributed by atoms with Gasteiger partial charge in [-0.05, 0) is 36.4 Å². The molecule has 35 heavy (non-hydrogen) atoms. The molecular formula is C25H23N3O5S2. The van der Waals surface area contributed by atoms with Crippen molar-refractivity contribution in [2.24, 2.45) is 5.92 Å². The fourth-order valence-corrected chi connectivity index (χ4v) is 7.66. The normalized spacial score (nSPS) is 20.4. The van der Waals surface area contributed by atoms with Gasteiger partial charge in [0.15, 0.2) is 0 Å². The monoisotopic (exact) mass is 509 g/mol. The molecule has 5 rings (SSSR count). The van der Waals surface area contributed by atoms with Crippen molar-refractivity contribution in [3.05, 3.63) is 69.1 Å². The van der Waals surface area contributed by atoms with Crippen LogP contribution in [0.3, 0.4) is 0 Å². The maximum absolute atomic E-state index is 13.4. The molecule has 1 aromatic heterocycles. The van der Waals surface area contributed by atoms with E-state index in [-0.39, 0.29) is 29.1 Å². The van der Waals surface area contributed by atoms with Crippen molar-refractivity contribution in [1.29, 1.82) is 0 Å². The van der Waals surface area contributed by atoms with Gasteiger partial charge in [0.2, 0.25) is 17.7 Å². The summed E-state index contributed by atoms with van der Waals surface area (Å²) in [5, 5.41) is 2.69. The van der Waals surface area contributed by atoms with Crippen LogP contribution in [-0.4, -0.2) is 34.6 Å². The molecule has 0 unspecified atom stereocenters. The number of benzene rings is 2. The number of rotatable bonds is 5. The predicted molar refractivity (Wildman–Crippen MR) is 135 cm³/mol. The second-order valence-electron chi connectivity index (χ2n) is 8.95. The van der Waals surface area contributed by atoms with E-state index in [1.165, 1.54) is 21.2 Å².